The lowest BCUT2D eigenvalue weighted by Gasteiger charge is -2.18. The van der Waals surface area contributed by atoms with Gasteiger partial charge in [-0.3, -0.25) is 0 Å². The van der Waals surface area contributed by atoms with Crippen molar-refractivity contribution in [2.75, 3.05) is 17.2 Å². The summed E-state index contributed by atoms with van der Waals surface area (Å²) >= 11 is 0. The average molecular weight is 374 g/mol. The van der Waals surface area contributed by atoms with Gasteiger partial charge in [0.05, 0.1) is 11.7 Å². The number of benzene rings is 2. The molecule has 0 radical (unpaired) electrons. The van der Waals surface area contributed by atoms with Gasteiger partial charge in [0.15, 0.2) is 0 Å². The van der Waals surface area contributed by atoms with E-state index in [1.807, 2.05) is 30.3 Å². The predicted molar refractivity (Wildman–Crippen MR) is 96.7 cm³/mol. The maximum Gasteiger partial charge on any atom is 0.416 e. The fourth-order valence-electron chi connectivity index (χ4n) is 2.52. The smallest absolute Gasteiger partial charge is 0.387 e. The number of para-hydroxylation sites is 1. The molecule has 2 aromatic carbocycles. The van der Waals surface area contributed by atoms with E-state index in [4.69, 9.17) is 0 Å². The van der Waals surface area contributed by atoms with Crippen LogP contribution in [0.25, 0.3) is 0 Å². The molecule has 0 saturated heterocycles. The molecule has 3 aromatic rings. The molecule has 1 aromatic heterocycles. The Bertz CT molecular complexity index is 887. The molecule has 5 nitrogen and oxygen atoms in total. The van der Waals surface area contributed by atoms with E-state index in [0.717, 1.165) is 11.8 Å². The molecule has 0 aliphatic rings. The molecule has 1 atom stereocenters. The van der Waals surface area contributed by atoms with Gasteiger partial charge >= 0.3 is 6.18 Å². The van der Waals surface area contributed by atoms with Crippen molar-refractivity contribution in [1.82, 2.24) is 9.97 Å². The minimum Gasteiger partial charge on any atom is -0.387 e. The molecular formula is C19H17F3N4O. The number of halogens is 3. The largest absolute Gasteiger partial charge is 0.416 e. The molecule has 0 aliphatic carbocycles. The monoisotopic (exact) mass is 374 g/mol. The van der Waals surface area contributed by atoms with Gasteiger partial charge in [-0.25, -0.2) is 4.98 Å². The van der Waals surface area contributed by atoms with Crippen LogP contribution in [0, 0.1) is 0 Å². The number of aliphatic hydroxyl groups excluding tert-OH is 1. The highest BCUT2D eigenvalue weighted by Crippen LogP contribution is 2.34. The molecular weight excluding hydrogens is 357 g/mol. The maximum absolute atomic E-state index is 13.1. The summed E-state index contributed by atoms with van der Waals surface area (Å²) in [5.74, 6) is 0.711. The minimum atomic E-state index is -4.53. The fraction of sp³-hybridized carbons (Fsp3) is 0.158. The van der Waals surface area contributed by atoms with Crippen molar-refractivity contribution in [3.05, 3.63) is 78.0 Å². The molecule has 0 saturated carbocycles. The first-order valence-corrected chi connectivity index (χ1v) is 8.16. The molecule has 0 aliphatic heterocycles. The van der Waals surface area contributed by atoms with Gasteiger partial charge in [0.25, 0.3) is 0 Å². The first-order valence-electron chi connectivity index (χ1n) is 8.16. The van der Waals surface area contributed by atoms with E-state index in [1.165, 1.54) is 24.4 Å². The topological polar surface area (TPSA) is 70.1 Å². The molecule has 1 heterocycles. The summed E-state index contributed by atoms with van der Waals surface area (Å²) in [7, 11) is 0. The lowest BCUT2D eigenvalue weighted by Crippen LogP contribution is -2.18. The van der Waals surface area contributed by atoms with Crippen LogP contribution in [0.4, 0.5) is 30.6 Å². The molecule has 0 amide bonds. The summed E-state index contributed by atoms with van der Waals surface area (Å²) in [6.45, 7) is -0.130. The first-order chi connectivity index (χ1) is 12.9. The molecule has 0 bridgehead atoms. The third-order valence-electron chi connectivity index (χ3n) is 3.79. The SMILES string of the molecule is OC(CNc1ccnc(Nc2ccccc2)n1)c1ccccc1C(F)(F)F. The second-order valence-corrected chi connectivity index (χ2v) is 5.74. The number of hydrogen-bond acceptors (Lipinski definition) is 5. The lowest BCUT2D eigenvalue weighted by molar-refractivity contribution is -0.139. The molecule has 3 rings (SSSR count). The fourth-order valence-corrected chi connectivity index (χ4v) is 2.52. The van der Waals surface area contributed by atoms with Gasteiger partial charge in [0.2, 0.25) is 5.95 Å². The predicted octanol–water partition coefficient (Wildman–Crippen LogP) is 4.38. The number of alkyl halides is 3. The molecule has 0 spiro atoms. The zero-order valence-electron chi connectivity index (χ0n) is 14.1. The van der Waals surface area contributed by atoms with Gasteiger partial charge < -0.3 is 15.7 Å². The van der Waals surface area contributed by atoms with Crippen molar-refractivity contribution < 1.29 is 18.3 Å². The molecule has 3 N–H and O–H groups in total. The van der Waals surface area contributed by atoms with Crippen molar-refractivity contribution in [2.45, 2.75) is 12.3 Å². The Morgan fingerprint density at radius 3 is 2.41 bits per heavy atom. The third-order valence-corrected chi connectivity index (χ3v) is 3.79. The van der Waals surface area contributed by atoms with Gasteiger partial charge in [-0.05, 0) is 29.8 Å². The van der Waals surface area contributed by atoms with Crippen molar-refractivity contribution in [3.8, 4) is 0 Å². The van der Waals surface area contributed by atoms with Crippen LogP contribution >= 0.6 is 0 Å². The van der Waals surface area contributed by atoms with E-state index in [-0.39, 0.29) is 12.1 Å². The zero-order chi connectivity index (χ0) is 19.3. The highest BCUT2D eigenvalue weighted by atomic mass is 19.4. The number of hydrogen-bond donors (Lipinski definition) is 3. The Kier molecular flexibility index (Phi) is 5.56. The van der Waals surface area contributed by atoms with Crippen LogP contribution in [0.1, 0.15) is 17.2 Å². The lowest BCUT2D eigenvalue weighted by atomic mass is 10.0. The number of rotatable bonds is 6. The van der Waals surface area contributed by atoms with Crippen LogP contribution in [0.2, 0.25) is 0 Å². The van der Waals surface area contributed by atoms with E-state index in [2.05, 4.69) is 20.6 Å². The Morgan fingerprint density at radius 1 is 0.963 bits per heavy atom. The van der Waals surface area contributed by atoms with Crippen molar-refractivity contribution in [2.24, 2.45) is 0 Å². The van der Waals surface area contributed by atoms with Crippen molar-refractivity contribution in [1.29, 1.82) is 0 Å². The minimum absolute atomic E-state index is 0.130. The van der Waals surface area contributed by atoms with Gasteiger partial charge in [-0.2, -0.15) is 18.2 Å². The Balaban J connectivity index is 1.68. The van der Waals surface area contributed by atoms with Gasteiger partial charge in [-0.15, -0.1) is 0 Å². The highest BCUT2D eigenvalue weighted by molar-refractivity contribution is 5.54. The van der Waals surface area contributed by atoms with Crippen LogP contribution < -0.4 is 10.6 Å². The number of aliphatic hydroxyl groups is 1. The molecule has 8 heteroatoms. The van der Waals surface area contributed by atoms with Gasteiger partial charge in [-0.1, -0.05) is 36.4 Å². The summed E-state index contributed by atoms with van der Waals surface area (Å²) in [6, 6.07) is 15.8. The van der Waals surface area contributed by atoms with E-state index in [9.17, 15) is 18.3 Å². The standard InChI is InChI=1S/C19H17F3N4O/c20-19(21,22)15-9-5-4-8-14(15)16(27)12-24-17-10-11-23-18(26-17)25-13-6-2-1-3-7-13/h1-11,16,27H,12H2,(H2,23,24,25,26). The van der Waals surface area contributed by atoms with Crippen LogP contribution in [0.5, 0.6) is 0 Å². The third kappa shape index (κ3) is 4.95. The number of nitrogens with one attached hydrogen (secondary N) is 2. The zero-order valence-corrected chi connectivity index (χ0v) is 14.1. The van der Waals surface area contributed by atoms with Crippen LogP contribution in [0.3, 0.4) is 0 Å². The molecule has 27 heavy (non-hydrogen) atoms. The van der Waals surface area contributed by atoms with Crippen molar-refractivity contribution in [3.63, 3.8) is 0 Å². The Morgan fingerprint density at radius 2 is 1.67 bits per heavy atom. The summed E-state index contributed by atoms with van der Waals surface area (Å²) in [6.07, 6.45) is -4.36. The summed E-state index contributed by atoms with van der Waals surface area (Å²) in [5, 5.41) is 16.1. The first kappa shape index (κ1) is 18.7. The second kappa shape index (κ2) is 8.05. The van der Waals surface area contributed by atoms with Crippen LogP contribution in [0.15, 0.2) is 66.9 Å². The van der Waals surface area contributed by atoms with E-state index >= 15 is 0 Å². The summed E-state index contributed by atoms with van der Waals surface area (Å²) in [4.78, 5) is 8.33. The number of aromatic nitrogens is 2. The molecule has 0 fully saturated rings. The molecule has 140 valence electrons. The van der Waals surface area contributed by atoms with Crippen LogP contribution in [-0.4, -0.2) is 21.6 Å². The van der Waals surface area contributed by atoms with E-state index in [1.54, 1.807) is 6.07 Å². The van der Waals surface area contributed by atoms with Gasteiger partial charge in [0.1, 0.15) is 5.82 Å². The second-order valence-electron chi connectivity index (χ2n) is 5.74. The van der Waals surface area contributed by atoms with E-state index < -0.39 is 17.8 Å². The maximum atomic E-state index is 13.1. The van der Waals surface area contributed by atoms with E-state index in [0.29, 0.717) is 11.8 Å². The number of anilines is 3. The number of nitrogens with zero attached hydrogens (tertiary/aromatic N) is 2. The normalized spacial score (nSPS) is 12.4. The van der Waals surface area contributed by atoms with Crippen LogP contribution in [-0.2, 0) is 6.18 Å². The summed E-state index contributed by atoms with van der Waals surface area (Å²) < 4.78 is 39.2. The Labute approximate surface area is 153 Å². The summed E-state index contributed by atoms with van der Waals surface area (Å²) in [5.41, 5.74) is -0.239. The highest BCUT2D eigenvalue weighted by Gasteiger charge is 2.34. The van der Waals surface area contributed by atoms with Gasteiger partial charge in [0, 0.05) is 18.4 Å². The molecule has 1 unspecified atom stereocenters. The average Bonchev–Trinajstić information content (AvgIpc) is 2.66. The Hall–Kier alpha value is -3.13. The van der Waals surface area contributed by atoms with Crippen molar-refractivity contribution >= 4 is 17.5 Å². The quantitative estimate of drug-likeness (QED) is 0.597.